The summed E-state index contributed by atoms with van der Waals surface area (Å²) in [6, 6.07) is 13.4. The zero-order valence-electron chi connectivity index (χ0n) is 20.9. The number of aromatic amines is 1. The van der Waals surface area contributed by atoms with Gasteiger partial charge in [-0.05, 0) is 47.5 Å². The molecule has 0 radical (unpaired) electrons. The minimum atomic E-state index is -3.28. The number of benzene rings is 2. The van der Waals surface area contributed by atoms with Crippen LogP contribution in [0, 0.1) is 0 Å². The molecule has 5 rings (SSSR count). The highest BCUT2D eigenvalue weighted by atomic mass is 35.5. The van der Waals surface area contributed by atoms with E-state index in [1.54, 1.807) is 48.8 Å². The number of hydrogen-bond acceptors (Lipinski definition) is 7. The van der Waals surface area contributed by atoms with Crippen molar-refractivity contribution in [2.45, 2.75) is 11.4 Å². The first-order valence-electron chi connectivity index (χ1n) is 12.1. The summed E-state index contributed by atoms with van der Waals surface area (Å²) in [6.07, 6.45) is 4.61. The first-order chi connectivity index (χ1) is 18.7. The molecule has 2 aromatic heterocycles. The maximum atomic E-state index is 12.9. The molecule has 12 heteroatoms. The Morgan fingerprint density at radius 1 is 1.05 bits per heavy atom. The molecule has 202 valence electrons. The predicted molar refractivity (Wildman–Crippen MR) is 151 cm³/mol. The minimum absolute atomic E-state index is 0.227. The molecule has 0 aliphatic carbocycles. The number of halogens is 2. The Labute approximate surface area is 236 Å². The summed E-state index contributed by atoms with van der Waals surface area (Å²) in [7, 11) is -3.28. The van der Waals surface area contributed by atoms with Gasteiger partial charge in [-0.15, -0.1) is 0 Å². The van der Waals surface area contributed by atoms with Crippen molar-refractivity contribution in [3.8, 4) is 22.4 Å². The van der Waals surface area contributed by atoms with Crippen LogP contribution in [-0.4, -0.2) is 61.8 Å². The Kier molecular flexibility index (Phi) is 7.90. The zero-order chi connectivity index (χ0) is 27.6. The Morgan fingerprint density at radius 2 is 1.74 bits per heavy atom. The SMILES string of the molecule is CS(=O)(=O)c1ccc(CNC(=O)c2cc(-c3nc(N4CCOCC4)ncc3-c3cc(Cl)cc(Cl)c3)c[nH]2)cc1. The van der Waals surface area contributed by atoms with Gasteiger partial charge >= 0.3 is 0 Å². The average molecular weight is 587 g/mol. The van der Waals surface area contributed by atoms with Crippen LogP contribution in [0.1, 0.15) is 16.1 Å². The molecule has 39 heavy (non-hydrogen) atoms. The summed E-state index contributed by atoms with van der Waals surface area (Å²) in [5.41, 5.74) is 3.90. The molecule has 0 atom stereocenters. The molecule has 0 unspecified atom stereocenters. The molecule has 3 heterocycles. The van der Waals surface area contributed by atoms with Gasteiger partial charge in [-0.2, -0.15) is 0 Å². The van der Waals surface area contributed by atoms with E-state index in [1.165, 1.54) is 12.1 Å². The lowest BCUT2D eigenvalue weighted by atomic mass is 10.0. The van der Waals surface area contributed by atoms with E-state index in [0.717, 1.165) is 17.4 Å². The van der Waals surface area contributed by atoms with Gasteiger partial charge in [-0.25, -0.2) is 18.4 Å². The molecule has 1 aliphatic heterocycles. The highest BCUT2D eigenvalue weighted by Crippen LogP contribution is 2.35. The van der Waals surface area contributed by atoms with Crippen LogP contribution in [0.5, 0.6) is 0 Å². The second kappa shape index (κ2) is 11.4. The lowest BCUT2D eigenvalue weighted by Crippen LogP contribution is -2.37. The fourth-order valence-corrected chi connectivity index (χ4v) is 5.38. The fraction of sp³-hybridized carbons (Fsp3) is 0.222. The quantitative estimate of drug-likeness (QED) is 0.325. The van der Waals surface area contributed by atoms with Crippen LogP contribution < -0.4 is 10.2 Å². The summed E-state index contributed by atoms with van der Waals surface area (Å²) in [6.45, 7) is 2.77. The largest absolute Gasteiger partial charge is 0.378 e. The van der Waals surface area contributed by atoms with Crippen LogP contribution in [0.25, 0.3) is 22.4 Å². The molecular formula is C27H25Cl2N5O4S. The number of ether oxygens (including phenoxy) is 1. The van der Waals surface area contributed by atoms with Gasteiger partial charge in [0.25, 0.3) is 5.91 Å². The second-order valence-electron chi connectivity index (χ2n) is 9.09. The Bertz CT molecular complexity index is 1600. The standard InChI is InChI=1S/C27H25Cl2N5O4S/c1-39(36,37)22-4-2-17(3-5-22)14-31-26(35)24-12-19(15-30-24)25-23(18-10-20(28)13-21(29)11-18)16-32-27(33-25)34-6-8-38-9-7-34/h2-5,10-13,15-16,30H,6-9,14H2,1H3,(H,31,35). The van der Waals surface area contributed by atoms with E-state index >= 15 is 0 Å². The van der Waals surface area contributed by atoms with Gasteiger partial charge in [-0.1, -0.05) is 35.3 Å². The van der Waals surface area contributed by atoms with Crippen LogP contribution in [0.15, 0.2) is 65.8 Å². The van der Waals surface area contributed by atoms with E-state index in [9.17, 15) is 13.2 Å². The van der Waals surface area contributed by atoms with Crippen molar-refractivity contribution in [3.05, 3.63) is 82.2 Å². The third kappa shape index (κ3) is 6.42. The van der Waals surface area contributed by atoms with Crippen LogP contribution in [0.2, 0.25) is 10.0 Å². The van der Waals surface area contributed by atoms with Gasteiger partial charge in [-0.3, -0.25) is 4.79 Å². The zero-order valence-corrected chi connectivity index (χ0v) is 23.3. The molecule has 2 N–H and O–H groups in total. The second-order valence-corrected chi connectivity index (χ2v) is 12.0. The number of nitrogens with zero attached hydrogens (tertiary/aromatic N) is 3. The molecule has 1 fully saturated rings. The van der Waals surface area contributed by atoms with Crippen molar-refractivity contribution in [3.63, 3.8) is 0 Å². The minimum Gasteiger partial charge on any atom is -0.378 e. The number of sulfone groups is 1. The third-order valence-corrected chi connectivity index (χ3v) is 7.81. The van der Waals surface area contributed by atoms with Crippen molar-refractivity contribution in [2.24, 2.45) is 0 Å². The van der Waals surface area contributed by atoms with E-state index in [-0.39, 0.29) is 17.3 Å². The topological polar surface area (TPSA) is 117 Å². The van der Waals surface area contributed by atoms with Crippen molar-refractivity contribution in [1.82, 2.24) is 20.3 Å². The molecular weight excluding hydrogens is 561 g/mol. The molecule has 1 amide bonds. The highest BCUT2D eigenvalue weighted by Gasteiger charge is 2.20. The number of aromatic nitrogens is 3. The lowest BCUT2D eigenvalue weighted by Gasteiger charge is -2.27. The van der Waals surface area contributed by atoms with E-state index in [2.05, 4.69) is 20.2 Å². The fourth-order valence-electron chi connectivity index (χ4n) is 4.22. The summed E-state index contributed by atoms with van der Waals surface area (Å²) in [5, 5.41) is 3.82. The lowest BCUT2D eigenvalue weighted by molar-refractivity contribution is 0.0946. The van der Waals surface area contributed by atoms with Crippen molar-refractivity contribution in [1.29, 1.82) is 0 Å². The van der Waals surface area contributed by atoms with E-state index in [1.807, 2.05) is 0 Å². The number of amides is 1. The van der Waals surface area contributed by atoms with Crippen molar-refractivity contribution < 1.29 is 17.9 Å². The molecule has 1 aliphatic rings. The third-order valence-electron chi connectivity index (χ3n) is 6.25. The Hall–Kier alpha value is -3.44. The highest BCUT2D eigenvalue weighted by molar-refractivity contribution is 7.90. The first-order valence-corrected chi connectivity index (χ1v) is 14.7. The van der Waals surface area contributed by atoms with Crippen LogP contribution in [-0.2, 0) is 21.1 Å². The smallest absolute Gasteiger partial charge is 0.267 e. The summed E-state index contributed by atoms with van der Waals surface area (Å²) >= 11 is 12.6. The number of morpholine rings is 1. The molecule has 2 aromatic carbocycles. The molecule has 0 saturated carbocycles. The molecule has 4 aromatic rings. The van der Waals surface area contributed by atoms with Crippen LogP contribution in [0.4, 0.5) is 5.95 Å². The van der Waals surface area contributed by atoms with E-state index < -0.39 is 9.84 Å². The summed E-state index contributed by atoms with van der Waals surface area (Å²) in [5.74, 6) is 0.248. The number of carbonyl (C=O) groups excluding carboxylic acids is 1. The number of H-pyrrole nitrogens is 1. The average Bonchev–Trinajstić information content (AvgIpc) is 3.42. The van der Waals surface area contributed by atoms with Crippen molar-refractivity contribution in [2.75, 3.05) is 37.5 Å². The maximum absolute atomic E-state index is 12.9. The van der Waals surface area contributed by atoms with Gasteiger partial charge in [0, 0.05) is 59.5 Å². The Balaban J connectivity index is 1.41. The molecule has 1 saturated heterocycles. The molecule has 0 spiro atoms. The van der Waals surface area contributed by atoms with Gasteiger partial charge < -0.3 is 19.9 Å². The number of anilines is 1. The number of carbonyl (C=O) groups is 1. The van der Waals surface area contributed by atoms with Crippen LogP contribution in [0.3, 0.4) is 0 Å². The van der Waals surface area contributed by atoms with Gasteiger partial charge in [0.05, 0.1) is 23.8 Å². The molecule has 9 nitrogen and oxygen atoms in total. The number of nitrogens with one attached hydrogen (secondary N) is 2. The van der Waals surface area contributed by atoms with E-state index in [4.69, 9.17) is 32.9 Å². The van der Waals surface area contributed by atoms with E-state index in [0.29, 0.717) is 64.8 Å². The van der Waals surface area contributed by atoms with Gasteiger partial charge in [0.1, 0.15) is 5.69 Å². The van der Waals surface area contributed by atoms with Gasteiger partial charge in [0.15, 0.2) is 9.84 Å². The normalized spacial score (nSPS) is 13.9. The maximum Gasteiger partial charge on any atom is 0.267 e. The monoisotopic (exact) mass is 585 g/mol. The summed E-state index contributed by atoms with van der Waals surface area (Å²) < 4.78 is 28.8. The van der Waals surface area contributed by atoms with Gasteiger partial charge in [0.2, 0.25) is 5.95 Å². The molecule has 0 bridgehead atoms. The number of hydrogen-bond donors (Lipinski definition) is 2. The summed E-state index contributed by atoms with van der Waals surface area (Å²) in [4.78, 5) is 27.7. The number of rotatable bonds is 7. The first kappa shape index (κ1) is 27.1. The predicted octanol–water partition coefficient (Wildman–Crippen LogP) is 4.62. The Morgan fingerprint density at radius 3 is 2.41 bits per heavy atom. The van der Waals surface area contributed by atoms with Crippen molar-refractivity contribution >= 4 is 44.9 Å². The van der Waals surface area contributed by atoms with Crippen LogP contribution >= 0.6 is 23.2 Å².